The maximum absolute atomic E-state index is 15.2. The highest BCUT2D eigenvalue weighted by Crippen LogP contribution is 2.43. The number of aromatic amines is 2. The average molecular weight is 679 g/mol. The summed E-state index contributed by atoms with van der Waals surface area (Å²) in [5.74, 6) is -1.63. The predicted octanol–water partition coefficient (Wildman–Crippen LogP) is 8.48. The zero-order chi connectivity index (χ0) is 35.0. The number of carbonyl (C=O) groups excluding carboxylic acids is 2. The Hall–Kier alpha value is -4.48. The first-order valence-corrected chi connectivity index (χ1v) is 17.0. The van der Waals surface area contributed by atoms with Crippen molar-refractivity contribution in [2.45, 2.75) is 78.1 Å². The van der Waals surface area contributed by atoms with Gasteiger partial charge in [0.25, 0.3) is 0 Å². The molecule has 12 heteroatoms. The summed E-state index contributed by atoms with van der Waals surface area (Å²) < 4.78 is 56.1. The van der Waals surface area contributed by atoms with Crippen molar-refractivity contribution in [3.05, 3.63) is 72.3 Å². The van der Waals surface area contributed by atoms with Gasteiger partial charge in [-0.05, 0) is 47.8 Å². The van der Waals surface area contributed by atoms with E-state index in [0.717, 1.165) is 47.6 Å². The lowest BCUT2D eigenvalue weighted by Gasteiger charge is -2.24. The first-order valence-electron chi connectivity index (χ1n) is 17.0. The number of nitrogens with one attached hydrogen (secondary N) is 2. The Kier molecular flexibility index (Phi) is 9.68. The van der Waals surface area contributed by atoms with Gasteiger partial charge in [-0.3, -0.25) is 9.59 Å². The molecule has 2 aliphatic rings. The second-order valence-electron chi connectivity index (χ2n) is 14.1. The summed E-state index contributed by atoms with van der Waals surface area (Å²) in [5, 5.41) is 0. The van der Waals surface area contributed by atoms with Gasteiger partial charge in [-0.15, -0.1) is 0 Å². The molecular formula is C37H42F4N6O2. The number of benzene rings is 2. The summed E-state index contributed by atoms with van der Waals surface area (Å²) in [6.45, 7) is 8.02. The zero-order valence-electron chi connectivity index (χ0n) is 28.1. The van der Waals surface area contributed by atoms with Crippen LogP contribution in [-0.4, -0.2) is 60.8 Å². The number of hydrogen-bond acceptors (Lipinski definition) is 4. The molecule has 8 nitrogen and oxygen atoms in total. The van der Waals surface area contributed by atoms with Crippen LogP contribution in [0.25, 0.3) is 33.6 Å². The van der Waals surface area contributed by atoms with Crippen LogP contribution in [0, 0.1) is 23.7 Å². The molecule has 4 heterocycles. The topological polar surface area (TPSA) is 98.0 Å². The minimum absolute atomic E-state index is 0.00889. The number of halogens is 4. The van der Waals surface area contributed by atoms with Gasteiger partial charge in [0.2, 0.25) is 17.8 Å². The number of alkyl halides is 3. The Morgan fingerprint density at radius 2 is 1.39 bits per heavy atom. The summed E-state index contributed by atoms with van der Waals surface area (Å²) >= 11 is 0. The van der Waals surface area contributed by atoms with Gasteiger partial charge in [0.15, 0.2) is 0 Å². The third kappa shape index (κ3) is 7.43. The molecule has 0 bridgehead atoms. The van der Waals surface area contributed by atoms with Crippen LogP contribution in [0.1, 0.15) is 83.5 Å². The molecule has 2 saturated heterocycles. The van der Waals surface area contributed by atoms with E-state index in [1.165, 1.54) is 4.90 Å². The van der Waals surface area contributed by atoms with Gasteiger partial charge >= 0.3 is 6.18 Å². The van der Waals surface area contributed by atoms with E-state index in [4.69, 9.17) is 0 Å². The van der Waals surface area contributed by atoms with E-state index in [-0.39, 0.29) is 42.2 Å². The molecule has 0 aliphatic carbocycles. The third-order valence-electron chi connectivity index (χ3n) is 9.42. The maximum Gasteiger partial charge on any atom is 0.393 e. The minimum Gasteiger partial charge on any atom is -0.340 e. The van der Waals surface area contributed by atoms with E-state index >= 15 is 4.39 Å². The smallest absolute Gasteiger partial charge is 0.340 e. The molecule has 49 heavy (non-hydrogen) atoms. The van der Waals surface area contributed by atoms with Crippen molar-refractivity contribution >= 4 is 11.8 Å². The molecule has 3 atom stereocenters. The SMILES string of the molecule is CC(C)CC(=O)N1CCCC1c1ncc(-c2ccc(-c3ccc(-c4nc(C5CC(C(F)(F)F)CN5C(=O)CC(C)C)[nH]c4F)cc3)cc2)[nH]1. The number of aromatic nitrogens is 4. The summed E-state index contributed by atoms with van der Waals surface area (Å²) in [7, 11) is 0. The average Bonchev–Trinajstić information content (AvgIpc) is 3.85. The lowest BCUT2D eigenvalue weighted by atomic mass is 10.0. The lowest BCUT2D eigenvalue weighted by molar-refractivity contribution is -0.171. The molecular weight excluding hydrogens is 636 g/mol. The zero-order valence-corrected chi connectivity index (χ0v) is 28.1. The quantitative estimate of drug-likeness (QED) is 0.174. The molecule has 4 aromatic rings. The molecule has 0 spiro atoms. The van der Waals surface area contributed by atoms with E-state index in [1.54, 1.807) is 18.3 Å². The van der Waals surface area contributed by atoms with Gasteiger partial charge in [0, 0.05) is 31.5 Å². The first-order chi connectivity index (χ1) is 23.3. The van der Waals surface area contributed by atoms with Crippen molar-refractivity contribution in [3.63, 3.8) is 0 Å². The number of likely N-dealkylation sites (tertiary alicyclic amines) is 2. The van der Waals surface area contributed by atoms with Crippen molar-refractivity contribution in [2.24, 2.45) is 17.8 Å². The normalized spacial score (nSPS) is 19.8. The van der Waals surface area contributed by atoms with Crippen LogP contribution in [-0.2, 0) is 9.59 Å². The number of amides is 2. The van der Waals surface area contributed by atoms with E-state index in [9.17, 15) is 22.8 Å². The Bertz CT molecular complexity index is 1780. The lowest BCUT2D eigenvalue weighted by Crippen LogP contribution is -2.34. The Morgan fingerprint density at radius 1 is 0.816 bits per heavy atom. The van der Waals surface area contributed by atoms with Crippen LogP contribution < -0.4 is 0 Å². The van der Waals surface area contributed by atoms with Gasteiger partial charge in [0.1, 0.15) is 17.3 Å². The van der Waals surface area contributed by atoms with E-state index < -0.39 is 36.5 Å². The largest absolute Gasteiger partial charge is 0.393 e. The van der Waals surface area contributed by atoms with Gasteiger partial charge in [0.05, 0.1) is 29.9 Å². The highest BCUT2D eigenvalue weighted by Gasteiger charge is 2.50. The van der Waals surface area contributed by atoms with E-state index in [0.29, 0.717) is 17.9 Å². The molecule has 2 aromatic carbocycles. The summed E-state index contributed by atoms with van der Waals surface area (Å²) in [6, 6.07) is 14.0. The van der Waals surface area contributed by atoms with Crippen LogP contribution in [0.5, 0.6) is 0 Å². The molecule has 2 fully saturated rings. The number of nitrogens with zero attached hydrogens (tertiary/aromatic N) is 4. The first kappa shape index (κ1) is 34.4. The van der Waals surface area contributed by atoms with E-state index in [1.807, 2.05) is 69.0 Å². The van der Waals surface area contributed by atoms with Crippen molar-refractivity contribution in [2.75, 3.05) is 13.1 Å². The van der Waals surface area contributed by atoms with Gasteiger partial charge < -0.3 is 19.8 Å². The van der Waals surface area contributed by atoms with Crippen molar-refractivity contribution in [3.8, 4) is 33.6 Å². The fraction of sp³-hybridized carbons (Fsp3) is 0.459. The number of H-pyrrole nitrogens is 2. The standard InChI is InChI=1S/C37H42F4N6O2/c1-21(2)16-31(48)46-15-5-6-29(46)35-42-19-28(43-35)25-11-7-23(8-12-25)24-9-13-26(14-10-24)33-34(38)45-36(44-33)30-18-27(37(39,40)41)20-47(30)32(49)17-22(3)4/h7-14,19,21-22,27,29-30H,5-6,15-18,20H2,1-4H3,(H,42,43)(H,44,45). The maximum atomic E-state index is 15.2. The summed E-state index contributed by atoms with van der Waals surface area (Å²) in [6.07, 6.45) is -0.592. The summed E-state index contributed by atoms with van der Waals surface area (Å²) in [4.78, 5) is 43.7. The highest BCUT2D eigenvalue weighted by atomic mass is 19.4. The molecule has 0 saturated carbocycles. The fourth-order valence-corrected chi connectivity index (χ4v) is 6.92. The number of imidazole rings is 2. The van der Waals surface area contributed by atoms with Gasteiger partial charge in [-0.25, -0.2) is 9.97 Å². The van der Waals surface area contributed by atoms with Gasteiger partial charge in [-0.1, -0.05) is 76.2 Å². The highest BCUT2D eigenvalue weighted by molar-refractivity contribution is 5.78. The minimum atomic E-state index is -4.47. The molecule has 6 rings (SSSR count). The molecule has 2 N–H and O–H groups in total. The second kappa shape index (κ2) is 13.8. The van der Waals surface area contributed by atoms with Crippen molar-refractivity contribution in [1.29, 1.82) is 0 Å². The Balaban J connectivity index is 1.16. The van der Waals surface area contributed by atoms with Crippen LogP contribution in [0.3, 0.4) is 0 Å². The molecule has 2 amide bonds. The van der Waals surface area contributed by atoms with Crippen molar-refractivity contribution < 1.29 is 27.2 Å². The van der Waals surface area contributed by atoms with E-state index in [2.05, 4.69) is 19.9 Å². The molecule has 2 aromatic heterocycles. The molecule has 0 radical (unpaired) electrons. The number of hydrogen-bond donors (Lipinski definition) is 2. The molecule has 2 aliphatic heterocycles. The van der Waals surface area contributed by atoms with Gasteiger partial charge in [-0.2, -0.15) is 17.6 Å². The Morgan fingerprint density at radius 3 is 1.98 bits per heavy atom. The Labute approximate surface area is 283 Å². The molecule has 3 unspecified atom stereocenters. The number of rotatable bonds is 9. The second-order valence-corrected chi connectivity index (χ2v) is 14.1. The fourth-order valence-electron chi connectivity index (χ4n) is 6.92. The van der Waals surface area contributed by atoms with Crippen LogP contribution in [0.4, 0.5) is 17.6 Å². The van der Waals surface area contributed by atoms with Crippen LogP contribution >= 0.6 is 0 Å². The van der Waals surface area contributed by atoms with Crippen LogP contribution in [0.15, 0.2) is 54.7 Å². The predicted molar refractivity (Wildman–Crippen MR) is 178 cm³/mol. The summed E-state index contributed by atoms with van der Waals surface area (Å²) in [5.41, 5.74) is 4.08. The molecule has 260 valence electrons. The van der Waals surface area contributed by atoms with Crippen molar-refractivity contribution in [1.82, 2.24) is 29.7 Å². The third-order valence-corrected chi connectivity index (χ3v) is 9.42. The van der Waals surface area contributed by atoms with Crippen LogP contribution in [0.2, 0.25) is 0 Å². The monoisotopic (exact) mass is 678 g/mol. The number of carbonyl (C=O) groups is 2.